The number of aromatic nitrogens is 2. The fraction of sp³-hybridized carbons (Fsp3) is 0.400. The number of nitrogens with zero attached hydrogens (tertiary/aromatic N) is 2. The quantitative estimate of drug-likeness (QED) is 0.836. The molecule has 0 saturated carbocycles. The number of aryl methyl sites for hydroxylation is 1. The molecule has 3 rings (SSSR count). The van der Waals surface area contributed by atoms with E-state index >= 15 is 0 Å². The molecule has 1 amide bonds. The summed E-state index contributed by atoms with van der Waals surface area (Å²) in [6.45, 7) is 0. The number of sulfone groups is 1. The minimum absolute atomic E-state index is 0.00514. The van der Waals surface area contributed by atoms with Crippen molar-refractivity contribution in [3.05, 3.63) is 40.3 Å². The first-order valence-electron chi connectivity index (χ1n) is 7.30. The second-order valence-corrected chi connectivity index (χ2v) is 7.99. The Bertz CT molecular complexity index is 933. The van der Waals surface area contributed by atoms with Gasteiger partial charge in [0.1, 0.15) is 0 Å². The maximum Gasteiger partial charge on any atom is 0.274 e. The van der Waals surface area contributed by atoms with Crippen molar-refractivity contribution < 1.29 is 13.2 Å². The largest absolute Gasteiger partial charge is 0.352 e. The van der Waals surface area contributed by atoms with Crippen LogP contribution < -0.4 is 10.9 Å². The molecule has 1 aliphatic rings. The Hall–Kier alpha value is -2.22. The van der Waals surface area contributed by atoms with Crippen molar-refractivity contribution in [1.29, 1.82) is 0 Å². The van der Waals surface area contributed by atoms with Crippen LogP contribution >= 0.6 is 0 Å². The molecule has 7 nitrogen and oxygen atoms in total. The van der Waals surface area contributed by atoms with Gasteiger partial charge in [0.25, 0.3) is 5.56 Å². The van der Waals surface area contributed by atoms with Crippen LogP contribution in [0.1, 0.15) is 12.1 Å². The van der Waals surface area contributed by atoms with Gasteiger partial charge in [0.2, 0.25) is 5.91 Å². The number of carbonyl (C=O) groups is 1. The Morgan fingerprint density at radius 1 is 1.35 bits per heavy atom. The van der Waals surface area contributed by atoms with Crippen LogP contribution in [0.3, 0.4) is 0 Å². The zero-order valence-corrected chi connectivity index (χ0v) is 13.5. The van der Waals surface area contributed by atoms with Crippen molar-refractivity contribution >= 4 is 26.5 Å². The van der Waals surface area contributed by atoms with E-state index in [9.17, 15) is 18.0 Å². The zero-order valence-electron chi connectivity index (χ0n) is 12.7. The van der Waals surface area contributed by atoms with Gasteiger partial charge in [-0.05, 0) is 12.5 Å². The van der Waals surface area contributed by atoms with Gasteiger partial charge in [-0.1, -0.05) is 18.2 Å². The number of rotatable bonds is 3. The molecule has 1 aromatic heterocycles. The van der Waals surface area contributed by atoms with Gasteiger partial charge in [-0.2, -0.15) is 5.10 Å². The number of carbonyl (C=O) groups excluding carboxylic acids is 1. The molecule has 0 spiro atoms. The van der Waals surface area contributed by atoms with Crippen LogP contribution in [-0.4, -0.2) is 41.7 Å². The summed E-state index contributed by atoms with van der Waals surface area (Å²) in [6, 6.07) is 6.66. The number of hydrogen-bond donors (Lipinski definition) is 1. The van der Waals surface area contributed by atoms with Crippen LogP contribution in [0.4, 0.5) is 0 Å². The van der Waals surface area contributed by atoms with Gasteiger partial charge < -0.3 is 5.32 Å². The predicted molar refractivity (Wildman–Crippen MR) is 85.9 cm³/mol. The lowest BCUT2D eigenvalue weighted by Gasteiger charge is -2.12. The van der Waals surface area contributed by atoms with Gasteiger partial charge in [-0.3, -0.25) is 9.59 Å². The van der Waals surface area contributed by atoms with Gasteiger partial charge in [-0.25, -0.2) is 13.1 Å². The summed E-state index contributed by atoms with van der Waals surface area (Å²) in [4.78, 5) is 24.2. The lowest BCUT2D eigenvalue weighted by Crippen LogP contribution is -2.37. The molecule has 1 fully saturated rings. The predicted octanol–water partition coefficient (Wildman–Crippen LogP) is -0.221. The molecule has 1 aromatic carbocycles. The summed E-state index contributed by atoms with van der Waals surface area (Å²) in [5, 5.41) is 8.06. The Kier molecular flexibility index (Phi) is 3.93. The zero-order chi connectivity index (χ0) is 16.6. The van der Waals surface area contributed by atoms with Crippen LogP contribution in [0.15, 0.2) is 29.1 Å². The Morgan fingerprint density at radius 2 is 2.04 bits per heavy atom. The minimum Gasteiger partial charge on any atom is -0.352 e. The molecule has 2 aromatic rings. The highest BCUT2D eigenvalue weighted by Crippen LogP contribution is 2.15. The standard InChI is InChI=1S/C15H17N3O4S/c1-18-15(20)12-5-3-2-4-11(12)13(17-18)8-14(19)16-10-6-7-23(21,22)9-10/h2-5,10H,6-9H2,1H3,(H,16,19)/t10-/m1/s1. The third-order valence-electron chi connectivity index (χ3n) is 3.96. The van der Waals surface area contributed by atoms with Gasteiger partial charge in [0.05, 0.1) is 29.0 Å². The molecular weight excluding hydrogens is 318 g/mol. The highest BCUT2D eigenvalue weighted by atomic mass is 32.2. The van der Waals surface area contributed by atoms with E-state index in [4.69, 9.17) is 0 Å². The first kappa shape index (κ1) is 15.7. The van der Waals surface area contributed by atoms with Crippen molar-refractivity contribution in [3.8, 4) is 0 Å². The summed E-state index contributed by atoms with van der Waals surface area (Å²) >= 11 is 0. The molecule has 23 heavy (non-hydrogen) atoms. The lowest BCUT2D eigenvalue weighted by molar-refractivity contribution is -0.121. The molecule has 122 valence electrons. The van der Waals surface area contributed by atoms with E-state index < -0.39 is 9.84 Å². The molecule has 0 radical (unpaired) electrons. The maximum atomic E-state index is 12.2. The van der Waals surface area contributed by atoms with E-state index in [0.29, 0.717) is 22.9 Å². The van der Waals surface area contributed by atoms with Crippen molar-refractivity contribution in [2.24, 2.45) is 7.05 Å². The van der Waals surface area contributed by atoms with E-state index in [0.717, 1.165) is 0 Å². The van der Waals surface area contributed by atoms with Gasteiger partial charge >= 0.3 is 0 Å². The SMILES string of the molecule is Cn1nc(CC(=O)N[C@@H]2CCS(=O)(=O)C2)c2ccccc2c1=O. The van der Waals surface area contributed by atoms with E-state index in [2.05, 4.69) is 10.4 Å². The Balaban J connectivity index is 1.83. The summed E-state index contributed by atoms with van der Waals surface area (Å²) in [5.41, 5.74) is 0.285. The summed E-state index contributed by atoms with van der Waals surface area (Å²) in [7, 11) is -1.50. The molecular formula is C15H17N3O4S. The fourth-order valence-electron chi connectivity index (χ4n) is 2.85. The summed E-state index contributed by atoms with van der Waals surface area (Å²) in [6.07, 6.45) is 0.445. The highest BCUT2D eigenvalue weighted by molar-refractivity contribution is 7.91. The van der Waals surface area contributed by atoms with Crippen LogP contribution in [-0.2, 0) is 28.1 Å². The van der Waals surface area contributed by atoms with Crippen LogP contribution in [0.2, 0.25) is 0 Å². The normalized spacial score (nSPS) is 19.8. The molecule has 0 unspecified atom stereocenters. The molecule has 1 atom stereocenters. The van der Waals surface area contributed by atoms with Crippen LogP contribution in [0, 0.1) is 0 Å². The first-order chi connectivity index (χ1) is 10.9. The number of nitrogens with one attached hydrogen (secondary N) is 1. The van der Waals surface area contributed by atoms with Crippen LogP contribution in [0.25, 0.3) is 10.8 Å². The molecule has 1 saturated heterocycles. The number of fused-ring (bicyclic) bond motifs is 1. The number of amides is 1. The first-order valence-corrected chi connectivity index (χ1v) is 9.12. The van der Waals surface area contributed by atoms with Crippen molar-refractivity contribution in [3.63, 3.8) is 0 Å². The smallest absolute Gasteiger partial charge is 0.274 e. The van der Waals surface area contributed by atoms with E-state index in [1.807, 2.05) is 0 Å². The van der Waals surface area contributed by atoms with Crippen molar-refractivity contribution in [2.75, 3.05) is 11.5 Å². The van der Waals surface area contributed by atoms with Crippen molar-refractivity contribution in [1.82, 2.24) is 15.1 Å². The average Bonchev–Trinajstić information content (AvgIpc) is 2.83. The lowest BCUT2D eigenvalue weighted by atomic mass is 10.1. The van der Waals surface area contributed by atoms with Gasteiger partial charge in [-0.15, -0.1) is 0 Å². The van der Waals surface area contributed by atoms with Gasteiger partial charge in [0, 0.05) is 18.5 Å². The third kappa shape index (κ3) is 3.26. The topological polar surface area (TPSA) is 98.1 Å². The molecule has 8 heteroatoms. The Morgan fingerprint density at radius 3 is 2.70 bits per heavy atom. The van der Waals surface area contributed by atoms with Gasteiger partial charge in [0.15, 0.2) is 9.84 Å². The molecule has 0 aliphatic carbocycles. The molecule has 1 aliphatic heterocycles. The van der Waals surface area contributed by atoms with Crippen LogP contribution in [0.5, 0.6) is 0 Å². The molecule has 2 heterocycles. The Labute approximate surface area is 133 Å². The minimum atomic E-state index is -3.04. The third-order valence-corrected chi connectivity index (χ3v) is 5.73. The molecule has 1 N–H and O–H groups in total. The monoisotopic (exact) mass is 335 g/mol. The summed E-state index contributed by atoms with van der Waals surface area (Å²) < 4.78 is 24.1. The summed E-state index contributed by atoms with van der Waals surface area (Å²) in [5.74, 6) is -0.192. The maximum absolute atomic E-state index is 12.2. The second kappa shape index (κ2) is 5.77. The van der Waals surface area contributed by atoms with E-state index in [-0.39, 0.29) is 35.4 Å². The number of benzene rings is 1. The fourth-order valence-corrected chi connectivity index (χ4v) is 4.52. The second-order valence-electron chi connectivity index (χ2n) is 5.77. The van der Waals surface area contributed by atoms with E-state index in [1.54, 1.807) is 31.3 Å². The van der Waals surface area contributed by atoms with Crippen molar-refractivity contribution in [2.45, 2.75) is 18.9 Å². The van der Waals surface area contributed by atoms with E-state index in [1.165, 1.54) is 4.68 Å². The average molecular weight is 335 g/mol. The highest BCUT2D eigenvalue weighted by Gasteiger charge is 2.29. The number of hydrogen-bond acceptors (Lipinski definition) is 5. The molecule has 0 bridgehead atoms.